The molecule has 0 saturated carbocycles. The van der Waals surface area contributed by atoms with Gasteiger partial charge in [0, 0.05) is 10.7 Å². The summed E-state index contributed by atoms with van der Waals surface area (Å²) < 4.78 is 5.62. The van der Waals surface area contributed by atoms with Gasteiger partial charge in [0.1, 0.15) is 5.75 Å². The number of nitrogen functional groups attached to an aromatic ring is 1. The Bertz CT molecular complexity index is 540. The van der Waals surface area contributed by atoms with Gasteiger partial charge in [0.15, 0.2) is 0 Å². The molecule has 0 bridgehead atoms. The van der Waals surface area contributed by atoms with Gasteiger partial charge in [-0.3, -0.25) is 0 Å². The topological polar surface area (TPSA) is 35.2 Å². The summed E-state index contributed by atoms with van der Waals surface area (Å²) in [6.07, 6.45) is 1.87. The molecule has 0 amide bonds. The van der Waals surface area contributed by atoms with E-state index in [4.69, 9.17) is 33.7 Å². The van der Waals surface area contributed by atoms with Crippen LogP contribution in [0.25, 0.3) is 0 Å². The molecule has 19 heavy (non-hydrogen) atoms. The molecule has 0 heterocycles. The van der Waals surface area contributed by atoms with Crippen LogP contribution < -0.4 is 10.5 Å². The van der Waals surface area contributed by atoms with E-state index in [1.165, 1.54) is 5.56 Å². The van der Waals surface area contributed by atoms with E-state index >= 15 is 0 Å². The molecule has 2 aromatic carbocycles. The van der Waals surface area contributed by atoms with Crippen LogP contribution >= 0.6 is 23.2 Å². The standard InChI is InChI=1S/C15H15Cl2NO/c16-12-5-8-15(14(17)10-12)19-9-1-2-11-3-6-13(18)7-4-11/h3-8,10H,1-2,9,18H2. The number of ether oxygens (including phenoxy) is 1. The Labute approximate surface area is 123 Å². The molecule has 100 valence electrons. The van der Waals surface area contributed by atoms with Crippen LogP contribution in [0.1, 0.15) is 12.0 Å². The van der Waals surface area contributed by atoms with Crippen molar-refractivity contribution < 1.29 is 4.74 Å². The maximum atomic E-state index is 6.02. The monoisotopic (exact) mass is 295 g/mol. The van der Waals surface area contributed by atoms with Crippen molar-refractivity contribution in [3.63, 3.8) is 0 Å². The molecule has 4 heteroatoms. The summed E-state index contributed by atoms with van der Waals surface area (Å²) in [6.45, 7) is 0.617. The normalized spacial score (nSPS) is 10.4. The summed E-state index contributed by atoms with van der Waals surface area (Å²) in [5.41, 5.74) is 7.67. The van der Waals surface area contributed by atoms with E-state index in [9.17, 15) is 0 Å². The van der Waals surface area contributed by atoms with Crippen molar-refractivity contribution in [2.24, 2.45) is 0 Å². The van der Waals surface area contributed by atoms with Crippen LogP contribution in [0.4, 0.5) is 5.69 Å². The van der Waals surface area contributed by atoms with Gasteiger partial charge in [-0.15, -0.1) is 0 Å². The molecular weight excluding hydrogens is 281 g/mol. The van der Waals surface area contributed by atoms with E-state index in [0.717, 1.165) is 18.5 Å². The fourth-order valence-corrected chi connectivity index (χ4v) is 2.20. The second-order valence-corrected chi connectivity index (χ2v) is 5.11. The minimum Gasteiger partial charge on any atom is -0.492 e. The maximum absolute atomic E-state index is 6.02. The molecule has 2 rings (SSSR count). The highest BCUT2D eigenvalue weighted by Crippen LogP contribution is 2.27. The number of rotatable bonds is 5. The highest BCUT2D eigenvalue weighted by atomic mass is 35.5. The van der Waals surface area contributed by atoms with Crippen molar-refractivity contribution in [1.29, 1.82) is 0 Å². The lowest BCUT2D eigenvalue weighted by Crippen LogP contribution is -2.00. The number of anilines is 1. The van der Waals surface area contributed by atoms with E-state index in [1.54, 1.807) is 18.2 Å². The first-order valence-corrected chi connectivity index (χ1v) is 6.83. The lowest BCUT2D eigenvalue weighted by atomic mass is 10.1. The Morgan fingerprint density at radius 2 is 1.74 bits per heavy atom. The van der Waals surface area contributed by atoms with Crippen LogP contribution in [0.3, 0.4) is 0 Å². The first-order valence-electron chi connectivity index (χ1n) is 6.07. The van der Waals surface area contributed by atoms with E-state index in [0.29, 0.717) is 22.4 Å². The van der Waals surface area contributed by atoms with Crippen molar-refractivity contribution >= 4 is 28.9 Å². The Kier molecular flexibility index (Phi) is 4.94. The van der Waals surface area contributed by atoms with Crippen LogP contribution in [-0.4, -0.2) is 6.61 Å². The number of hydrogen-bond acceptors (Lipinski definition) is 2. The molecule has 0 spiro atoms. The third-order valence-electron chi connectivity index (χ3n) is 2.74. The highest BCUT2D eigenvalue weighted by molar-refractivity contribution is 6.35. The average Bonchev–Trinajstić information content (AvgIpc) is 2.39. The third kappa shape index (κ3) is 4.34. The highest BCUT2D eigenvalue weighted by Gasteiger charge is 2.02. The Balaban J connectivity index is 1.79. The summed E-state index contributed by atoms with van der Waals surface area (Å²) in [6, 6.07) is 13.1. The van der Waals surface area contributed by atoms with Gasteiger partial charge in [-0.25, -0.2) is 0 Å². The van der Waals surface area contributed by atoms with Gasteiger partial charge >= 0.3 is 0 Å². The second-order valence-electron chi connectivity index (χ2n) is 4.27. The molecule has 0 saturated heterocycles. The lowest BCUT2D eigenvalue weighted by molar-refractivity contribution is 0.311. The predicted octanol–water partition coefficient (Wildman–Crippen LogP) is 4.59. The van der Waals surface area contributed by atoms with Gasteiger partial charge in [-0.2, -0.15) is 0 Å². The van der Waals surface area contributed by atoms with Crippen LogP contribution in [0.2, 0.25) is 10.0 Å². The van der Waals surface area contributed by atoms with Crippen molar-refractivity contribution in [1.82, 2.24) is 0 Å². The number of aryl methyl sites for hydroxylation is 1. The minimum atomic E-state index is 0.542. The number of nitrogens with two attached hydrogens (primary N) is 1. The average molecular weight is 296 g/mol. The quantitative estimate of drug-likeness (QED) is 0.647. The number of hydrogen-bond donors (Lipinski definition) is 1. The number of halogens is 2. The fraction of sp³-hybridized carbons (Fsp3) is 0.200. The molecule has 2 N–H and O–H groups in total. The lowest BCUT2D eigenvalue weighted by Gasteiger charge is -2.08. The van der Waals surface area contributed by atoms with Crippen LogP contribution in [0.15, 0.2) is 42.5 Å². The summed E-state index contributed by atoms with van der Waals surface area (Å²) >= 11 is 11.8. The molecule has 0 aliphatic rings. The molecule has 0 aliphatic carbocycles. The zero-order valence-electron chi connectivity index (χ0n) is 10.4. The molecule has 0 radical (unpaired) electrons. The van der Waals surface area contributed by atoms with E-state index in [1.807, 2.05) is 24.3 Å². The molecule has 0 aliphatic heterocycles. The Morgan fingerprint density at radius 3 is 2.42 bits per heavy atom. The first-order chi connectivity index (χ1) is 9.15. The van der Waals surface area contributed by atoms with Gasteiger partial charge in [0.25, 0.3) is 0 Å². The van der Waals surface area contributed by atoms with Crippen molar-refractivity contribution in [3.05, 3.63) is 58.1 Å². The number of benzene rings is 2. The zero-order valence-corrected chi connectivity index (χ0v) is 11.9. The predicted molar refractivity (Wildman–Crippen MR) is 81.1 cm³/mol. The summed E-state index contributed by atoms with van der Waals surface area (Å²) in [5, 5.41) is 1.15. The summed E-state index contributed by atoms with van der Waals surface area (Å²) in [5.74, 6) is 0.670. The fourth-order valence-electron chi connectivity index (χ4n) is 1.73. The van der Waals surface area contributed by atoms with Crippen LogP contribution in [-0.2, 0) is 6.42 Å². The van der Waals surface area contributed by atoms with E-state index in [-0.39, 0.29) is 0 Å². The van der Waals surface area contributed by atoms with Crippen LogP contribution in [0, 0.1) is 0 Å². The third-order valence-corrected chi connectivity index (χ3v) is 3.27. The van der Waals surface area contributed by atoms with Gasteiger partial charge in [0.2, 0.25) is 0 Å². The molecule has 2 aromatic rings. The van der Waals surface area contributed by atoms with Crippen molar-refractivity contribution in [2.75, 3.05) is 12.3 Å². The van der Waals surface area contributed by atoms with Gasteiger partial charge < -0.3 is 10.5 Å². The molecule has 0 unspecified atom stereocenters. The van der Waals surface area contributed by atoms with Gasteiger partial charge in [-0.05, 0) is 48.7 Å². The summed E-state index contributed by atoms with van der Waals surface area (Å²) in [4.78, 5) is 0. The second kappa shape index (κ2) is 6.69. The minimum absolute atomic E-state index is 0.542. The van der Waals surface area contributed by atoms with Crippen LogP contribution in [0.5, 0.6) is 5.75 Å². The maximum Gasteiger partial charge on any atom is 0.137 e. The Morgan fingerprint density at radius 1 is 1.00 bits per heavy atom. The molecule has 0 aromatic heterocycles. The molecule has 0 fully saturated rings. The van der Waals surface area contributed by atoms with Gasteiger partial charge in [-0.1, -0.05) is 35.3 Å². The van der Waals surface area contributed by atoms with Gasteiger partial charge in [0.05, 0.1) is 11.6 Å². The summed E-state index contributed by atoms with van der Waals surface area (Å²) in [7, 11) is 0. The zero-order chi connectivity index (χ0) is 13.7. The van der Waals surface area contributed by atoms with E-state index in [2.05, 4.69) is 0 Å². The molecule has 2 nitrogen and oxygen atoms in total. The first kappa shape index (κ1) is 14.0. The SMILES string of the molecule is Nc1ccc(CCCOc2ccc(Cl)cc2Cl)cc1. The smallest absolute Gasteiger partial charge is 0.137 e. The largest absolute Gasteiger partial charge is 0.492 e. The van der Waals surface area contributed by atoms with E-state index < -0.39 is 0 Å². The van der Waals surface area contributed by atoms with Crippen molar-refractivity contribution in [3.8, 4) is 5.75 Å². The van der Waals surface area contributed by atoms with Crippen molar-refractivity contribution in [2.45, 2.75) is 12.8 Å². The molecular formula is C15H15Cl2NO. The Hall–Kier alpha value is -1.38. The molecule has 0 atom stereocenters.